The number of piperazine rings is 1. The average molecular weight is 549 g/mol. The molecule has 0 bridgehead atoms. The Morgan fingerprint density at radius 3 is 2.18 bits per heavy atom. The maximum atomic E-state index is 12.9. The van der Waals surface area contributed by atoms with Crippen molar-refractivity contribution in [3.8, 4) is 5.75 Å². The van der Waals surface area contributed by atoms with Crippen LogP contribution in [-0.4, -0.2) is 79.6 Å². The van der Waals surface area contributed by atoms with E-state index in [0.717, 1.165) is 36.3 Å². The van der Waals surface area contributed by atoms with Gasteiger partial charge < -0.3 is 20.3 Å². The maximum absolute atomic E-state index is 12.9. The molecule has 39 heavy (non-hydrogen) atoms. The van der Waals surface area contributed by atoms with Crippen molar-refractivity contribution in [1.29, 1.82) is 0 Å². The Balaban J connectivity index is 1.56. The Morgan fingerprint density at radius 2 is 1.64 bits per heavy atom. The number of hydrogen-bond acceptors (Lipinski definition) is 5. The fourth-order valence-corrected chi connectivity index (χ4v) is 5.06. The maximum Gasteiger partial charge on any atom is 0.416 e. The van der Waals surface area contributed by atoms with Crippen molar-refractivity contribution in [3.05, 3.63) is 64.2 Å². The van der Waals surface area contributed by atoms with Gasteiger partial charge in [0, 0.05) is 49.9 Å². The minimum atomic E-state index is -4.41. The van der Waals surface area contributed by atoms with Crippen LogP contribution in [0.2, 0.25) is 0 Å². The molecule has 0 saturated carbocycles. The van der Waals surface area contributed by atoms with Crippen LogP contribution < -0.4 is 10.5 Å². The highest BCUT2D eigenvalue weighted by Crippen LogP contribution is 2.32. The molecule has 0 spiro atoms. The molecule has 1 saturated heterocycles. The molecule has 1 aliphatic heterocycles. The van der Waals surface area contributed by atoms with E-state index in [9.17, 15) is 18.0 Å². The third-order valence-electron chi connectivity index (χ3n) is 8.47. The Hall–Kier alpha value is -2.62. The van der Waals surface area contributed by atoms with Gasteiger partial charge in [0.25, 0.3) is 5.91 Å². The first-order valence-corrected chi connectivity index (χ1v) is 13.6. The third kappa shape index (κ3) is 7.32. The molecule has 1 fully saturated rings. The minimum Gasteiger partial charge on any atom is -0.493 e. The van der Waals surface area contributed by atoms with Gasteiger partial charge in [-0.2, -0.15) is 13.2 Å². The van der Waals surface area contributed by atoms with Gasteiger partial charge in [-0.3, -0.25) is 9.69 Å². The van der Waals surface area contributed by atoms with Gasteiger partial charge in [0.1, 0.15) is 5.75 Å². The summed E-state index contributed by atoms with van der Waals surface area (Å²) in [6.07, 6.45) is -2.54. The van der Waals surface area contributed by atoms with Crippen LogP contribution in [0.3, 0.4) is 0 Å². The van der Waals surface area contributed by atoms with E-state index >= 15 is 0 Å². The predicted octanol–water partition coefficient (Wildman–Crippen LogP) is 5.28. The number of rotatable bonds is 10. The van der Waals surface area contributed by atoms with Crippen molar-refractivity contribution >= 4 is 5.91 Å². The number of alkyl halides is 3. The molecule has 216 valence electrons. The van der Waals surface area contributed by atoms with Gasteiger partial charge in [-0.05, 0) is 102 Å². The van der Waals surface area contributed by atoms with Gasteiger partial charge in [-0.25, -0.2) is 0 Å². The molecule has 0 aliphatic carbocycles. The first-order chi connectivity index (χ1) is 18.3. The van der Waals surface area contributed by atoms with Crippen LogP contribution in [0.25, 0.3) is 0 Å². The van der Waals surface area contributed by atoms with Crippen molar-refractivity contribution in [2.45, 2.75) is 58.3 Å². The topological polar surface area (TPSA) is 62.0 Å². The van der Waals surface area contributed by atoms with E-state index in [1.54, 1.807) is 4.90 Å². The standard InChI is InChI=1S/C30H43F3N4O2/c1-21-22(2)27(39-19-7-14-29(4,20-34)35(5)6)13-12-26(21)23(3)36-15-17-37(18-16-36)28(38)24-8-10-25(11-9-24)30(31,32)33/h8-13,23H,7,14-20,34H2,1-6H3. The number of carbonyl (C=O) groups excluding carboxylic acids is 1. The summed E-state index contributed by atoms with van der Waals surface area (Å²) in [7, 11) is 4.11. The zero-order valence-corrected chi connectivity index (χ0v) is 24.1. The van der Waals surface area contributed by atoms with Crippen molar-refractivity contribution < 1.29 is 22.7 Å². The van der Waals surface area contributed by atoms with Gasteiger partial charge in [0.15, 0.2) is 0 Å². The molecule has 2 unspecified atom stereocenters. The highest BCUT2D eigenvalue weighted by molar-refractivity contribution is 5.94. The van der Waals surface area contributed by atoms with Crippen LogP contribution >= 0.6 is 0 Å². The number of ether oxygens (including phenoxy) is 1. The molecule has 1 amide bonds. The molecule has 2 aromatic rings. The van der Waals surface area contributed by atoms with Gasteiger partial charge in [0.2, 0.25) is 0 Å². The second-order valence-corrected chi connectivity index (χ2v) is 11.0. The fourth-order valence-electron chi connectivity index (χ4n) is 5.06. The van der Waals surface area contributed by atoms with Crippen molar-refractivity contribution in [1.82, 2.24) is 14.7 Å². The lowest BCUT2D eigenvalue weighted by Crippen LogP contribution is -2.49. The van der Waals surface area contributed by atoms with Crippen molar-refractivity contribution in [2.24, 2.45) is 5.73 Å². The van der Waals surface area contributed by atoms with E-state index in [1.807, 2.05) is 6.07 Å². The Morgan fingerprint density at radius 1 is 1.03 bits per heavy atom. The second kappa shape index (κ2) is 12.7. The van der Waals surface area contributed by atoms with Gasteiger partial charge in [-0.1, -0.05) is 6.07 Å². The van der Waals surface area contributed by atoms with Crippen LogP contribution in [-0.2, 0) is 6.18 Å². The third-order valence-corrected chi connectivity index (χ3v) is 8.47. The zero-order chi connectivity index (χ0) is 29.0. The Kier molecular flexibility index (Phi) is 10.1. The summed E-state index contributed by atoms with van der Waals surface area (Å²) in [5.41, 5.74) is 9.02. The summed E-state index contributed by atoms with van der Waals surface area (Å²) in [5.74, 6) is 0.664. The molecular formula is C30H43F3N4O2. The second-order valence-electron chi connectivity index (χ2n) is 11.0. The minimum absolute atomic E-state index is 0.0417. The first kappa shape index (κ1) is 30.9. The van der Waals surface area contributed by atoms with Crippen LogP contribution in [0.1, 0.15) is 65.3 Å². The Bertz CT molecular complexity index is 1110. The molecule has 0 radical (unpaired) electrons. The average Bonchev–Trinajstić information content (AvgIpc) is 2.92. The van der Waals surface area contributed by atoms with Crippen LogP contribution in [0, 0.1) is 13.8 Å². The van der Waals surface area contributed by atoms with E-state index in [-0.39, 0.29) is 23.1 Å². The normalized spacial score (nSPS) is 17.3. The number of hydrogen-bond donors (Lipinski definition) is 1. The number of amides is 1. The SMILES string of the molecule is Cc1c(OCCCC(C)(CN)N(C)C)ccc(C(C)N2CCN(C(=O)c3ccc(C(F)(F)F)cc3)CC2)c1C. The summed E-state index contributed by atoms with van der Waals surface area (Å²) in [4.78, 5) is 19.1. The number of nitrogens with zero attached hydrogens (tertiary/aromatic N) is 3. The van der Waals surface area contributed by atoms with Crippen LogP contribution in [0.15, 0.2) is 36.4 Å². The number of nitrogens with two attached hydrogens (primary N) is 1. The number of benzene rings is 2. The lowest BCUT2D eigenvalue weighted by Gasteiger charge is -2.39. The largest absolute Gasteiger partial charge is 0.493 e. The molecule has 2 atom stereocenters. The molecular weight excluding hydrogens is 505 g/mol. The van der Waals surface area contributed by atoms with E-state index < -0.39 is 11.7 Å². The van der Waals surface area contributed by atoms with Gasteiger partial charge in [0.05, 0.1) is 12.2 Å². The quantitative estimate of drug-likeness (QED) is 0.410. The number of likely N-dealkylation sites (N-methyl/N-ethyl adjacent to an activating group) is 1. The first-order valence-electron chi connectivity index (χ1n) is 13.6. The molecule has 9 heteroatoms. The van der Waals surface area contributed by atoms with Crippen molar-refractivity contribution in [2.75, 3.05) is 53.4 Å². The molecule has 3 rings (SSSR count). The molecule has 6 nitrogen and oxygen atoms in total. The summed E-state index contributed by atoms with van der Waals surface area (Å²) in [6.45, 7) is 12.2. The summed E-state index contributed by atoms with van der Waals surface area (Å²) < 4.78 is 44.7. The highest BCUT2D eigenvalue weighted by Gasteiger charge is 2.31. The molecule has 2 N–H and O–H groups in total. The van der Waals surface area contributed by atoms with Crippen LogP contribution in [0.5, 0.6) is 5.75 Å². The summed E-state index contributed by atoms with van der Waals surface area (Å²) >= 11 is 0. The Labute approximate surface area is 230 Å². The summed E-state index contributed by atoms with van der Waals surface area (Å²) in [6, 6.07) is 8.78. The smallest absolute Gasteiger partial charge is 0.416 e. The lowest BCUT2D eigenvalue weighted by atomic mass is 9.94. The highest BCUT2D eigenvalue weighted by atomic mass is 19.4. The lowest BCUT2D eigenvalue weighted by molar-refractivity contribution is -0.137. The molecule has 0 aromatic heterocycles. The number of halogens is 3. The van der Waals surface area contributed by atoms with E-state index in [0.29, 0.717) is 39.3 Å². The number of carbonyl (C=O) groups is 1. The van der Waals surface area contributed by atoms with Gasteiger partial charge in [-0.15, -0.1) is 0 Å². The van der Waals surface area contributed by atoms with Crippen LogP contribution in [0.4, 0.5) is 13.2 Å². The monoisotopic (exact) mass is 548 g/mol. The summed E-state index contributed by atoms with van der Waals surface area (Å²) in [5, 5.41) is 0. The van der Waals surface area contributed by atoms with Gasteiger partial charge >= 0.3 is 6.18 Å². The predicted molar refractivity (Wildman–Crippen MR) is 149 cm³/mol. The van der Waals surface area contributed by atoms with E-state index in [4.69, 9.17) is 10.5 Å². The fraction of sp³-hybridized carbons (Fsp3) is 0.567. The van der Waals surface area contributed by atoms with E-state index in [1.165, 1.54) is 23.3 Å². The molecule has 1 heterocycles. The zero-order valence-electron chi connectivity index (χ0n) is 24.1. The molecule has 1 aliphatic rings. The van der Waals surface area contributed by atoms with E-state index in [2.05, 4.69) is 57.7 Å². The molecule has 2 aromatic carbocycles. The van der Waals surface area contributed by atoms with Crippen molar-refractivity contribution in [3.63, 3.8) is 0 Å².